The van der Waals surface area contributed by atoms with E-state index in [1.807, 2.05) is 0 Å². The number of hydrogen-bond donors (Lipinski definition) is 1. The van der Waals surface area contributed by atoms with E-state index in [9.17, 15) is 4.55 Å². The fourth-order valence-electron chi connectivity index (χ4n) is 0.612. The summed E-state index contributed by atoms with van der Waals surface area (Å²) in [6, 6.07) is 0. The standard InChI is InChI=1S/C6H16OS.FH/c1-4-8(7,5-2)6-3;/h7H,4-6H2,1-3H3;1H. The van der Waals surface area contributed by atoms with Gasteiger partial charge in [0.15, 0.2) is 0 Å². The molecule has 0 aliphatic heterocycles. The summed E-state index contributed by atoms with van der Waals surface area (Å²) in [6.07, 6.45) is 0. The van der Waals surface area contributed by atoms with Crippen LogP contribution in [0.2, 0.25) is 0 Å². The van der Waals surface area contributed by atoms with E-state index in [0.717, 1.165) is 17.3 Å². The Bertz CT molecular complexity index is 55.8. The van der Waals surface area contributed by atoms with E-state index in [4.69, 9.17) is 0 Å². The molecule has 0 atom stereocenters. The third-order valence-electron chi connectivity index (χ3n) is 1.61. The van der Waals surface area contributed by atoms with Crippen molar-refractivity contribution in [2.75, 3.05) is 17.3 Å². The molecule has 0 bridgehead atoms. The van der Waals surface area contributed by atoms with Gasteiger partial charge < -0.3 is 4.55 Å². The van der Waals surface area contributed by atoms with Gasteiger partial charge in [0.2, 0.25) is 0 Å². The molecule has 0 saturated heterocycles. The summed E-state index contributed by atoms with van der Waals surface area (Å²) in [4.78, 5) is 0. The molecule has 1 nitrogen and oxygen atoms in total. The molecule has 0 aliphatic carbocycles. The highest BCUT2D eigenvalue weighted by atomic mass is 32.3. The van der Waals surface area contributed by atoms with Crippen molar-refractivity contribution in [2.45, 2.75) is 20.8 Å². The van der Waals surface area contributed by atoms with Gasteiger partial charge in [-0.15, -0.1) is 10.3 Å². The second kappa shape index (κ2) is 5.06. The van der Waals surface area contributed by atoms with Gasteiger partial charge in [0, 0.05) is 0 Å². The summed E-state index contributed by atoms with van der Waals surface area (Å²) >= 11 is 0. The van der Waals surface area contributed by atoms with Crippen LogP contribution in [-0.2, 0) is 0 Å². The Morgan fingerprint density at radius 3 is 1.22 bits per heavy atom. The monoisotopic (exact) mass is 156 g/mol. The minimum Gasteiger partial charge on any atom is -0.352 e. The average Bonchev–Trinajstić information content (AvgIpc) is 1.87. The first-order chi connectivity index (χ1) is 3.68. The van der Waals surface area contributed by atoms with E-state index in [0.29, 0.717) is 0 Å². The van der Waals surface area contributed by atoms with Gasteiger partial charge in [0.25, 0.3) is 0 Å². The van der Waals surface area contributed by atoms with Crippen LogP contribution in [0.15, 0.2) is 0 Å². The van der Waals surface area contributed by atoms with Gasteiger partial charge in [-0.3, -0.25) is 4.70 Å². The normalized spacial score (nSPS) is 12.4. The highest BCUT2D eigenvalue weighted by molar-refractivity contribution is 8.29. The SMILES string of the molecule is CCS(O)(CC)CC.F. The summed E-state index contributed by atoms with van der Waals surface area (Å²) in [7, 11) is -1.15. The van der Waals surface area contributed by atoms with Crippen LogP contribution in [0.5, 0.6) is 0 Å². The van der Waals surface area contributed by atoms with Crippen LogP contribution < -0.4 is 0 Å². The van der Waals surface area contributed by atoms with Crippen molar-refractivity contribution >= 4 is 10.3 Å². The Morgan fingerprint density at radius 2 is 1.22 bits per heavy atom. The van der Waals surface area contributed by atoms with Crippen LogP contribution in [0.3, 0.4) is 0 Å². The lowest BCUT2D eigenvalue weighted by Crippen LogP contribution is -2.06. The van der Waals surface area contributed by atoms with Crippen molar-refractivity contribution in [1.82, 2.24) is 0 Å². The first kappa shape index (κ1) is 12.0. The predicted molar refractivity (Wildman–Crippen MR) is 44.3 cm³/mol. The minimum atomic E-state index is -1.15. The largest absolute Gasteiger partial charge is 0.352 e. The van der Waals surface area contributed by atoms with Crippen LogP contribution in [0.25, 0.3) is 0 Å². The van der Waals surface area contributed by atoms with Crippen molar-refractivity contribution in [1.29, 1.82) is 0 Å². The zero-order chi connectivity index (χ0) is 6.62. The second-order valence-corrected chi connectivity index (χ2v) is 5.60. The molecule has 0 fully saturated rings. The molecule has 0 saturated carbocycles. The van der Waals surface area contributed by atoms with E-state index in [2.05, 4.69) is 20.8 Å². The van der Waals surface area contributed by atoms with E-state index < -0.39 is 10.3 Å². The maximum absolute atomic E-state index is 9.52. The molecule has 0 unspecified atom stereocenters. The van der Waals surface area contributed by atoms with E-state index in [1.54, 1.807) is 0 Å². The smallest absolute Gasteiger partial charge is 0.00410 e. The Morgan fingerprint density at radius 1 is 1.00 bits per heavy atom. The molecule has 0 aromatic carbocycles. The lowest BCUT2D eigenvalue weighted by molar-refractivity contribution is 0.627. The molecule has 0 heterocycles. The molecule has 1 N–H and O–H groups in total. The predicted octanol–water partition coefficient (Wildman–Crippen LogP) is 2.48. The number of halogens is 1. The third kappa shape index (κ3) is 3.76. The molecule has 0 rings (SSSR count). The Balaban J connectivity index is 0. The molecule has 3 heteroatoms. The molecule has 0 spiro atoms. The van der Waals surface area contributed by atoms with Crippen LogP contribution in [0.1, 0.15) is 20.8 Å². The van der Waals surface area contributed by atoms with Gasteiger partial charge in [-0.25, -0.2) is 0 Å². The lowest BCUT2D eigenvalue weighted by atomic mass is 10.9. The summed E-state index contributed by atoms with van der Waals surface area (Å²) in [6.45, 7) is 6.17. The molecular formula is C6H17FOS. The quantitative estimate of drug-likeness (QED) is 0.665. The molecule has 0 aromatic rings. The molecule has 9 heavy (non-hydrogen) atoms. The van der Waals surface area contributed by atoms with E-state index >= 15 is 0 Å². The van der Waals surface area contributed by atoms with Gasteiger partial charge in [-0.1, -0.05) is 20.8 Å². The van der Waals surface area contributed by atoms with Crippen LogP contribution in [-0.4, -0.2) is 21.8 Å². The summed E-state index contributed by atoms with van der Waals surface area (Å²) in [5.74, 6) is 2.88. The van der Waals surface area contributed by atoms with Crippen LogP contribution in [0, 0.1) is 0 Å². The number of hydrogen-bond acceptors (Lipinski definition) is 1. The van der Waals surface area contributed by atoms with Gasteiger partial charge in [-0.05, 0) is 17.3 Å². The van der Waals surface area contributed by atoms with Crippen molar-refractivity contribution in [3.63, 3.8) is 0 Å². The zero-order valence-electron chi connectivity index (χ0n) is 6.39. The lowest BCUT2D eigenvalue weighted by Gasteiger charge is -2.29. The second-order valence-electron chi connectivity index (χ2n) is 1.87. The van der Waals surface area contributed by atoms with E-state index in [1.165, 1.54) is 0 Å². The van der Waals surface area contributed by atoms with Crippen molar-refractivity contribution in [3.8, 4) is 0 Å². The molecule has 60 valence electrons. The molecule has 0 aliphatic rings. The fourth-order valence-corrected chi connectivity index (χ4v) is 1.84. The first-order valence-corrected chi connectivity index (χ1v) is 5.27. The van der Waals surface area contributed by atoms with Gasteiger partial charge >= 0.3 is 0 Å². The summed E-state index contributed by atoms with van der Waals surface area (Å²) in [5, 5.41) is 0. The van der Waals surface area contributed by atoms with Crippen molar-refractivity contribution in [2.24, 2.45) is 0 Å². The zero-order valence-corrected chi connectivity index (χ0v) is 7.20. The van der Waals surface area contributed by atoms with Gasteiger partial charge in [-0.2, -0.15) is 0 Å². The Labute approximate surface area is 58.4 Å². The third-order valence-corrected chi connectivity index (χ3v) is 4.84. The molecular weight excluding hydrogens is 139 g/mol. The maximum Gasteiger partial charge on any atom is -0.00410 e. The molecule has 0 radical (unpaired) electrons. The summed E-state index contributed by atoms with van der Waals surface area (Å²) in [5.41, 5.74) is 0. The van der Waals surface area contributed by atoms with Crippen LogP contribution >= 0.6 is 10.3 Å². The average molecular weight is 156 g/mol. The fraction of sp³-hybridized carbons (Fsp3) is 1.00. The van der Waals surface area contributed by atoms with Crippen molar-refractivity contribution < 1.29 is 9.26 Å². The summed E-state index contributed by atoms with van der Waals surface area (Å²) < 4.78 is 9.52. The number of rotatable bonds is 3. The molecule has 0 amide bonds. The highest BCUT2D eigenvalue weighted by Crippen LogP contribution is 2.41. The first-order valence-electron chi connectivity index (χ1n) is 3.17. The maximum atomic E-state index is 9.52. The minimum absolute atomic E-state index is 0. The van der Waals surface area contributed by atoms with Gasteiger partial charge in [0.1, 0.15) is 0 Å². The van der Waals surface area contributed by atoms with Crippen molar-refractivity contribution in [3.05, 3.63) is 0 Å². The highest BCUT2D eigenvalue weighted by Gasteiger charge is 2.10. The van der Waals surface area contributed by atoms with E-state index in [-0.39, 0.29) is 4.70 Å². The Kier molecular flexibility index (Phi) is 6.73. The molecule has 0 aromatic heterocycles. The van der Waals surface area contributed by atoms with Crippen LogP contribution in [0.4, 0.5) is 4.70 Å². The Hall–Kier alpha value is 0.240. The van der Waals surface area contributed by atoms with Gasteiger partial charge in [0.05, 0.1) is 0 Å². The topological polar surface area (TPSA) is 20.2 Å².